The van der Waals surface area contributed by atoms with Crippen LogP contribution < -0.4 is 21.7 Å². The summed E-state index contributed by atoms with van der Waals surface area (Å²) in [6.07, 6.45) is 13.4. The minimum atomic E-state index is -1.34. The highest BCUT2D eigenvalue weighted by Gasteiger charge is 2.33. The summed E-state index contributed by atoms with van der Waals surface area (Å²) in [5.41, 5.74) is 5.34. The van der Waals surface area contributed by atoms with Gasteiger partial charge in [0.25, 0.3) is 0 Å². The number of carbonyl (C=O) groups is 9. The molecule has 0 saturated carbocycles. The zero-order valence-corrected chi connectivity index (χ0v) is 37.6. The molecule has 0 saturated heterocycles. The van der Waals surface area contributed by atoms with E-state index in [1.165, 1.54) is 71.6 Å². The van der Waals surface area contributed by atoms with E-state index in [1.54, 1.807) is 13.8 Å². The maximum atomic E-state index is 13.5. The van der Waals surface area contributed by atoms with Gasteiger partial charge in [0.05, 0.1) is 18.1 Å². The second-order valence-corrected chi connectivity index (χ2v) is 17.3. The Labute approximate surface area is 358 Å². The third kappa shape index (κ3) is 25.5. The van der Waals surface area contributed by atoms with E-state index in [4.69, 9.17) is 10.8 Å². The zero-order valence-electron chi connectivity index (χ0n) is 37.6. The summed E-state index contributed by atoms with van der Waals surface area (Å²) in [7, 11) is 0. The third-order valence-electron chi connectivity index (χ3n) is 11.1. The molecule has 0 aliphatic heterocycles. The Hall–Kier alpha value is -4.17. The van der Waals surface area contributed by atoms with E-state index in [9.17, 15) is 48.3 Å². The summed E-state index contributed by atoms with van der Waals surface area (Å²) in [4.78, 5) is 113. The molecule has 0 unspecified atom stereocenters. The van der Waals surface area contributed by atoms with Crippen LogP contribution in [0.25, 0.3) is 0 Å². The molecule has 7 N–H and O–H groups in total. The van der Waals surface area contributed by atoms with Crippen molar-refractivity contribution in [3.63, 3.8) is 0 Å². The first-order valence-electron chi connectivity index (χ1n) is 22.4. The molecule has 0 spiro atoms. The standard InChI is InChI=1S/C45H78N4O11/c1-8-9-10-11-12-13-14-15-16-17-18-19-20-21-39(53)49-42(30(4)5)38(52)28-34(29(2)3)45(60)47-32(7)36(50)26-31(6)44(59)48-35(23-25-41(56)57)37(51)27-33(43(46)58)22-24-40(54)55/h29-35,42H,8-28H2,1-7H3,(H2,46,58)(H,47,60)(H,48,59)(H,49,53)(H,54,55)(H,56,57)/t31-,32+,33-,34+,35+,42+/m1/s1. The minimum Gasteiger partial charge on any atom is -0.481 e. The second kappa shape index (κ2) is 31.7. The first-order chi connectivity index (χ1) is 28.2. The van der Waals surface area contributed by atoms with Gasteiger partial charge in [-0.1, -0.05) is 119 Å². The Morgan fingerprint density at radius 1 is 0.517 bits per heavy atom. The molecular formula is C45H78N4O11. The van der Waals surface area contributed by atoms with E-state index < -0.39 is 96.4 Å². The summed E-state index contributed by atoms with van der Waals surface area (Å²) >= 11 is 0. The van der Waals surface area contributed by atoms with Gasteiger partial charge in [-0.05, 0) is 38.0 Å². The molecule has 0 rings (SSSR count). The number of primary amides is 1. The second-order valence-electron chi connectivity index (χ2n) is 17.3. The molecule has 0 heterocycles. The van der Waals surface area contributed by atoms with Gasteiger partial charge in [0.15, 0.2) is 17.3 Å². The first kappa shape index (κ1) is 55.8. The van der Waals surface area contributed by atoms with Crippen molar-refractivity contribution in [1.29, 1.82) is 0 Å². The smallest absolute Gasteiger partial charge is 0.303 e. The number of hydrogen-bond acceptors (Lipinski definition) is 9. The SMILES string of the molecule is CCCCCCCCCCCCCCCC(=O)N[C@H](C(=O)C[C@H](C(=O)N[C@@H](C)C(=O)C[C@@H](C)C(=O)N[C@@H](CCC(=O)O)C(=O)C[C@@H](CCC(=O)O)C(N)=O)C(C)C)C(C)C. The predicted molar refractivity (Wildman–Crippen MR) is 229 cm³/mol. The van der Waals surface area contributed by atoms with Crippen LogP contribution in [0.4, 0.5) is 0 Å². The highest BCUT2D eigenvalue weighted by Crippen LogP contribution is 2.21. The Morgan fingerprint density at radius 3 is 1.48 bits per heavy atom. The average Bonchev–Trinajstić information content (AvgIpc) is 3.16. The number of unbranched alkanes of at least 4 members (excludes halogenated alkanes) is 12. The van der Waals surface area contributed by atoms with Crippen molar-refractivity contribution in [2.75, 3.05) is 0 Å². The van der Waals surface area contributed by atoms with Crippen LogP contribution in [-0.2, 0) is 43.2 Å². The highest BCUT2D eigenvalue weighted by atomic mass is 16.4. The number of amides is 4. The van der Waals surface area contributed by atoms with Crippen LogP contribution in [0.15, 0.2) is 0 Å². The van der Waals surface area contributed by atoms with Crippen LogP contribution in [0.5, 0.6) is 0 Å². The molecule has 0 aromatic rings. The van der Waals surface area contributed by atoms with Crippen LogP contribution in [0, 0.1) is 29.6 Å². The summed E-state index contributed by atoms with van der Waals surface area (Å²) in [5, 5.41) is 26.1. The van der Waals surface area contributed by atoms with E-state index in [1.807, 2.05) is 13.8 Å². The Kier molecular flexibility index (Phi) is 29.5. The Bertz CT molecular complexity index is 1380. The van der Waals surface area contributed by atoms with Crippen LogP contribution in [-0.4, -0.2) is 81.3 Å². The fourth-order valence-corrected chi connectivity index (χ4v) is 7.04. The normalized spacial score (nSPS) is 14.3. The molecule has 4 amide bonds. The van der Waals surface area contributed by atoms with Gasteiger partial charge in [0, 0.05) is 56.3 Å². The lowest BCUT2D eigenvalue weighted by Gasteiger charge is -2.26. The van der Waals surface area contributed by atoms with Gasteiger partial charge in [-0.2, -0.15) is 0 Å². The van der Waals surface area contributed by atoms with Gasteiger partial charge in [0.2, 0.25) is 23.6 Å². The third-order valence-corrected chi connectivity index (χ3v) is 11.1. The number of aliphatic carboxylic acids is 2. The average molecular weight is 851 g/mol. The van der Waals surface area contributed by atoms with Gasteiger partial charge in [0.1, 0.15) is 0 Å². The van der Waals surface area contributed by atoms with Crippen molar-refractivity contribution in [2.45, 2.75) is 201 Å². The van der Waals surface area contributed by atoms with Gasteiger partial charge < -0.3 is 31.9 Å². The monoisotopic (exact) mass is 851 g/mol. The fraction of sp³-hybridized carbons (Fsp3) is 0.800. The summed E-state index contributed by atoms with van der Waals surface area (Å²) in [6, 6.07) is -3.15. The van der Waals surface area contributed by atoms with E-state index >= 15 is 0 Å². The topological polar surface area (TPSA) is 256 Å². The van der Waals surface area contributed by atoms with Crippen molar-refractivity contribution >= 4 is 52.9 Å². The minimum absolute atomic E-state index is 0.149. The first-order valence-corrected chi connectivity index (χ1v) is 22.4. The Morgan fingerprint density at radius 2 is 1.02 bits per heavy atom. The molecule has 15 nitrogen and oxygen atoms in total. The van der Waals surface area contributed by atoms with E-state index in [0.29, 0.717) is 6.42 Å². The lowest BCUT2D eigenvalue weighted by molar-refractivity contribution is -0.139. The highest BCUT2D eigenvalue weighted by molar-refractivity contribution is 5.97. The molecule has 0 bridgehead atoms. The fourth-order valence-electron chi connectivity index (χ4n) is 7.04. The van der Waals surface area contributed by atoms with Crippen molar-refractivity contribution in [3.05, 3.63) is 0 Å². The summed E-state index contributed by atoms with van der Waals surface area (Å²) < 4.78 is 0. The van der Waals surface area contributed by atoms with Crippen molar-refractivity contribution in [3.8, 4) is 0 Å². The van der Waals surface area contributed by atoms with Gasteiger partial charge >= 0.3 is 11.9 Å². The van der Waals surface area contributed by atoms with Gasteiger partial charge in [-0.3, -0.25) is 43.2 Å². The predicted octanol–water partition coefficient (Wildman–Crippen LogP) is 6.22. The van der Waals surface area contributed by atoms with E-state index in [0.717, 1.165) is 25.7 Å². The van der Waals surface area contributed by atoms with E-state index in [-0.39, 0.29) is 49.2 Å². The van der Waals surface area contributed by atoms with Gasteiger partial charge in [-0.25, -0.2) is 0 Å². The maximum Gasteiger partial charge on any atom is 0.303 e. The van der Waals surface area contributed by atoms with Crippen LogP contribution in [0.2, 0.25) is 0 Å². The number of nitrogens with two attached hydrogens (primary N) is 1. The van der Waals surface area contributed by atoms with Gasteiger partial charge in [-0.15, -0.1) is 0 Å². The quantitative estimate of drug-likeness (QED) is 0.0383. The number of carboxylic acids is 2. The molecule has 0 aliphatic carbocycles. The largest absolute Gasteiger partial charge is 0.481 e. The summed E-state index contributed by atoms with van der Waals surface area (Å²) in [5.74, 6) is -9.74. The molecule has 0 aromatic carbocycles. The molecule has 6 atom stereocenters. The van der Waals surface area contributed by atoms with Crippen molar-refractivity contribution < 1.29 is 53.4 Å². The van der Waals surface area contributed by atoms with Crippen LogP contribution in [0.1, 0.15) is 183 Å². The molecule has 0 aliphatic rings. The lowest BCUT2D eigenvalue weighted by Crippen LogP contribution is -2.48. The number of carboxylic acid groups (broad SMARTS) is 2. The number of Topliss-reactive ketones (excluding diaryl/α,β-unsaturated/α-hetero) is 3. The molecule has 0 fully saturated rings. The number of carbonyl (C=O) groups excluding carboxylic acids is 7. The zero-order chi connectivity index (χ0) is 45.8. The van der Waals surface area contributed by atoms with Crippen LogP contribution in [0.3, 0.4) is 0 Å². The number of ketones is 3. The Balaban J connectivity index is 5.15. The van der Waals surface area contributed by atoms with Crippen molar-refractivity contribution in [1.82, 2.24) is 16.0 Å². The molecular weight excluding hydrogens is 773 g/mol. The molecule has 344 valence electrons. The maximum absolute atomic E-state index is 13.5. The van der Waals surface area contributed by atoms with Crippen molar-refractivity contribution in [2.24, 2.45) is 35.3 Å². The lowest BCUT2D eigenvalue weighted by atomic mass is 9.85. The van der Waals surface area contributed by atoms with E-state index in [2.05, 4.69) is 22.9 Å². The molecule has 15 heteroatoms. The molecule has 60 heavy (non-hydrogen) atoms. The molecule has 0 aromatic heterocycles. The number of rotatable bonds is 37. The van der Waals surface area contributed by atoms with Crippen LogP contribution >= 0.6 is 0 Å². The number of hydrogen-bond donors (Lipinski definition) is 6. The molecule has 0 radical (unpaired) electrons. The number of nitrogens with one attached hydrogen (secondary N) is 3. The summed E-state index contributed by atoms with van der Waals surface area (Å²) in [6.45, 7) is 12.4.